The maximum atomic E-state index is 5.58. The first-order valence-corrected chi connectivity index (χ1v) is 7.44. The molecule has 0 spiro atoms. The predicted octanol–water partition coefficient (Wildman–Crippen LogP) is 2.76. The second kappa shape index (κ2) is 7.22. The summed E-state index contributed by atoms with van der Waals surface area (Å²) in [5, 5.41) is 7.65. The van der Waals surface area contributed by atoms with E-state index in [0.717, 1.165) is 18.0 Å². The van der Waals surface area contributed by atoms with Crippen LogP contribution in [0.5, 0.6) is 5.75 Å². The molecule has 0 radical (unpaired) electrons. The van der Waals surface area contributed by atoms with E-state index < -0.39 is 0 Å². The molecule has 2 aromatic rings. The van der Waals surface area contributed by atoms with Gasteiger partial charge in [-0.1, -0.05) is 12.1 Å². The number of nitrogens with one attached hydrogen (secondary N) is 1. The Hall–Kier alpha value is -1.88. The van der Waals surface area contributed by atoms with Crippen LogP contribution in [0.4, 0.5) is 0 Å². The summed E-state index contributed by atoms with van der Waals surface area (Å²) < 4.78 is 7.55. The molecule has 0 amide bonds. The topological polar surface area (TPSA) is 52.0 Å². The Bertz CT molecular complexity index is 565. The van der Waals surface area contributed by atoms with E-state index in [1.807, 2.05) is 30.8 Å². The summed E-state index contributed by atoms with van der Waals surface area (Å²) in [7, 11) is 1.97. The summed E-state index contributed by atoms with van der Waals surface area (Å²) in [5.74, 6) is 1.90. The third kappa shape index (κ3) is 3.82. The third-order valence-corrected chi connectivity index (χ3v) is 3.44. The third-order valence-electron chi connectivity index (χ3n) is 3.44. The molecule has 0 aliphatic carbocycles. The molecule has 5 nitrogen and oxygen atoms in total. The lowest BCUT2D eigenvalue weighted by Gasteiger charge is -2.18. The maximum absolute atomic E-state index is 5.58. The Morgan fingerprint density at radius 2 is 2.14 bits per heavy atom. The summed E-state index contributed by atoms with van der Waals surface area (Å²) in [6.45, 7) is 6.90. The highest BCUT2D eigenvalue weighted by Crippen LogP contribution is 2.22. The van der Waals surface area contributed by atoms with E-state index in [2.05, 4.69) is 41.4 Å². The van der Waals surface area contributed by atoms with Gasteiger partial charge in [0.15, 0.2) is 0 Å². The van der Waals surface area contributed by atoms with Crippen LogP contribution in [0.25, 0.3) is 0 Å². The molecule has 114 valence electrons. The number of ether oxygens (including phenoxy) is 1. The number of hydrogen-bond donors (Lipinski definition) is 1. The van der Waals surface area contributed by atoms with Gasteiger partial charge in [-0.3, -0.25) is 0 Å². The van der Waals surface area contributed by atoms with Gasteiger partial charge < -0.3 is 10.1 Å². The van der Waals surface area contributed by atoms with Crippen molar-refractivity contribution in [1.29, 1.82) is 0 Å². The highest BCUT2D eigenvalue weighted by Gasteiger charge is 2.16. The van der Waals surface area contributed by atoms with E-state index in [4.69, 9.17) is 4.74 Å². The molecule has 5 heteroatoms. The van der Waals surface area contributed by atoms with Gasteiger partial charge in [0.05, 0.1) is 6.61 Å². The molecule has 0 aliphatic heterocycles. The van der Waals surface area contributed by atoms with E-state index in [1.54, 1.807) is 6.33 Å². The Balaban J connectivity index is 2.19. The summed E-state index contributed by atoms with van der Waals surface area (Å²) in [5.41, 5.74) is 1.20. The van der Waals surface area contributed by atoms with Crippen molar-refractivity contribution in [3.63, 3.8) is 0 Å². The molecule has 0 bridgehead atoms. The Labute approximate surface area is 126 Å². The molecule has 1 atom stereocenters. The maximum Gasteiger partial charge on any atom is 0.138 e. The first-order valence-electron chi connectivity index (χ1n) is 7.44. The minimum absolute atomic E-state index is 0.187. The Morgan fingerprint density at radius 3 is 2.81 bits per heavy atom. The average molecular weight is 288 g/mol. The van der Waals surface area contributed by atoms with Crippen molar-refractivity contribution in [2.24, 2.45) is 0 Å². The van der Waals surface area contributed by atoms with Crippen molar-refractivity contribution in [1.82, 2.24) is 20.1 Å². The van der Waals surface area contributed by atoms with Crippen molar-refractivity contribution < 1.29 is 4.74 Å². The van der Waals surface area contributed by atoms with Crippen LogP contribution in [-0.4, -0.2) is 28.4 Å². The van der Waals surface area contributed by atoms with Gasteiger partial charge in [0.1, 0.15) is 17.9 Å². The molecular formula is C16H24N4O. The van der Waals surface area contributed by atoms with Crippen LogP contribution in [0.15, 0.2) is 30.6 Å². The average Bonchev–Trinajstić information content (AvgIpc) is 2.94. The fourth-order valence-electron chi connectivity index (χ4n) is 2.41. The van der Waals surface area contributed by atoms with Crippen LogP contribution in [0.1, 0.15) is 44.2 Å². The van der Waals surface area contributed by atoms with Gasteiger partial charge in [0, 0.05) is 18.5 Å². The minimum Gasteiger partial charge on any atom is -0.494 e. The fourth-order valence-corrected chi connectivity index (χ4v) is 2.41. The van der Waals surface area contributed by atoms with Crippen LogP contribution < -0.4 is 10.1 Å². The van der Waals surface area contributed by atoms with Crippen molar-refractivity contribution in [3.8, 4) is 5.75 Å². The molecule has 0 saturated carbocycles. The molecule has 2 rings (SSSR count). The molecule has 1 aromatic carbocycles. The molecule has 0 aliphatic rings. The van der Waals surface area contributed by atoms with Gasteiger partial charge in [0.25, 0.3) is 0 Å². The smallest absolute Gasteiger partial charge is 0.138 e. The van der Waals surface area contributed by atoms with Gasteiger partial charge in [-0.2, -0.15) is 5.10 Å². The first-order chi connectivity index (χ1) is 10.2. The van der Waals surface area contributed by atoms with Crippen LogP contribution in [-0.2, 0) is 6.42 Å². The molecule has 1 heterocycles. The van der Waals surface area contributed by atoms with Crippen molar-refractivity contribution in [2.45, 2.75) is 39.3 Å². The predicted molar refractivity (Wildman–Crippen MR) is 83.5 cm³/mol. The normalized spacial score (nSPS) is 12.6. The molecule has 1 unspecified atom stereocenters. The first kappa shape index (κ1) is 15.5. The number of aromatic nitrogens is 3. The van der Waals surface area contributed by atoms with Gasteiger partial charge in [-0.15, -0.1) is 0 Å². The van der Waals surface area contributed by atoms with E-state index in [1.165, 1.54) is 5.56 Å². The minimum atomic E-state index is 0.187. The second-order valence-corrected chi connectivity index (χ2v) is 5.27. The molecular weight excluding hydrogens is 264 g/mol. The number of rotatable bonds is 7. The highest BCUT2D eigenvalue weighted by molar-refractivity contribution is 5.31. The van der Waals surface area contributed by atoms with Crippen LogP contribution in [0.3, 0.4) is 0 Å². The zero-order valence-electron chi connectivity index (χ0n) is 13.2. The molecule has 0 fully saturated rings. The van der Waals surface area contributed by atoms with Crippen molar-refractivity contribution in [2.75, 3.05) is 13.7 Å². The molecule has 0 saturated heterocycles. The largest absolute Gasteiger partial charge is 0.494 e. The highest BCUT2D eigenvalue weighted by atomic mass is 16.5. The summed E-state index contributed by atoms with van der Waals surface area (Å²) in [6.07, 6.45) is 2.42. The van der Waals surface area contributed by atoms with Crippen LogP contribution in [0.2, 0.25) is 0 Å². The van der Waals surface area contributed by atoms with Crippen LogP contribution >= 0.6 is 0 Å². The fraction of sp³-hybridized carbons (Fsp3) is 0.500. The van der Waals surface area contributed by atoms with Crippen molar-refractivity contribution >= 4 is 0 Å². The number of likely N-dealkylation sites (N-methyl/N-ethyl adjacent to an activating group) is 1. The Kier molecular flexibility index (Phi) is 5.33. The Morgan fingerprint density at radius 1 is 1.33 bits per heavy atom. The van der Waals surface area contributed by atoms with E-state index in [0.29, 0.717) is 12.6 Å². The second-order valence-electron chi connectivity index (χ2n) is 5.27. The zero-order valence-corrected chi connectivity index (χ0v) is 13.2. The van der Waals surface area contributed by atoms with Gasteiger partial charge in [0.2, 0.25) is 0 Å². The molecule has 1 aromatic heterocycles. The zero-order chi connectivity index (χ0) is 15.2. The monoisotopic (exact) mass is 288 g/mol. The van der Waals surface area contributed by atoms with Gasteiger partial charge in [-0.05, 0) is 45.5 Å². The van der Waals surface area contributed by atoms with Gasteiger partial charge in [-0.25, -0.2) is 9.67 Å². The molecule has 1 N–H and O–H groups in total. The van der Waals surface area contributed by atoms with Crippen LogP contribution in [0, 0.1) is 0 Å². The quantitative estimate of drug-likeness (QED) is 0.851. The molecule has 21 heavy (non-hydrogen) atoms. The van der Waals surface area contributed by atoms with Crippen molar-refractivity contribution in [3.05, 3.63) is 42.0 Å². The van der Waals surface area contributed by atoms with Gasteiger partial charge >= 0.3 is 0 Å². The number of nitrogens with zero attached hydrogens (tertiary/aromatic N) is 3. The number of hydrogen-bond acceptors (Lipinski definition) is 4. The summed E-state index contributed by atoms with van der Waals surface area (Å²) in [4.78, 5) is 4.39. The summed E-state index contributed by atoms with van der Waals surface area (Å²) >= 11 is 0. The van der Waals surface area contributed by atoms with E-state index >= 15 is 0 Å². The number of benzene rings is 1. The van der Waals surface area contributed by atoms with E-state index in [9.17, 15) is 0 Å². The SMILES string of the molecule is CCOc1cccc(C(Cc2ncnn2C(C)C)NC)c1. The standard InChI is InChI=1S/C16H24N4O/c1-5-21-14-8-6-7-13(9-14)15(17-4)10-16-18-11-19-20(16)12(2)3/h6-9,11-12,15,17H,5,10H2,1-4H3. The van der Waals surface area contributed by atoms with E-state index in [-0.39, 0.29) is 6.04 Å². The summed E-state index contributed by atoms with van der Waals surface area (Å²) in [6, 6.07) is 8.70. The lowest BCUT2D eigenvalue weighted by molar-refractivity contribution is 0.339. The lowest BCUT2D eigenvalue weighted by atomic mass is 10.0. The lowest BCUT2D eigenvalue weighted by Crippen LogP contribution is -2.21.